The third kappa shape index (κ3) is 6.73. The van der Waals surface area contributed by atoms with E-state index in [1.165, 1.54) is 0 Å². The van der Waals surface area contributed by atoms with Gasteiger partial charge in [0.05, 0.1) is 12.6 Å². The highest BCUT2D eigenvalue weighted by Crippen LogP contribution is 2.19. The summed E-state index contributed by atoms with van der Waals surface area (Å²) in [6.07, 6.45) is 0.781. The molecule has 9 heteroatoms. The molecular weight excluding hydrogens is 452 g/mol. The van der Waals surface area contributed by atoms with Gasteiger partial charge in [0.15, 0.2) is 5.58 Å². The number of benzene rings is 2. The molecule has 0 bridgehead atoms. The number of likely N-dealkylation sites (tertiary alicyclic amines) is 1. The number of aliphatic hydroxyl groups excluding tert-OH is 1. The van der Waals surface area contributed by atoms with Crippen LogP contribution in [0.2, 0.25) is 0 Å². The number of nitrogens with one attached hydrogen (secondary N) is 2. The van der Waals surface area contributed by atoms with E-state index in [-0.39, 0.29) is 30.1 Å². The minimum Gasteiger partial charge on any atom is -0.438 e. The van der Waals surface area contributed by atoms with Gasteiger partial charge in [0, 0.05) is 28.3 Å². The van der Waals surface area contributed by atoms with E-state index in [0.717, 1.165) is 31.5 Å². The van der Waals surface area contributed by atoms with Crippen LogP contribution in [0.15, 0.2) is 59.0 Å². The number of carbonyl (C=O) groups excluding carboxylic acids is 1. The molecule has 2 aromatic carbocycles. The predicted molar refractivity (Wildman–Crippen MR) is 133 cm³/mol. The Morgan fingerprint density at radius 2 is 1.88 bits per heavy atom. The second kappa shape index (κ2) is 11.7. The lowest BCUT2D eigenvalue weighted by Crippen LogP contribution is -2.54. The van der Waals surface area contributed by atoms with Crippen LogP contribution >= 0.6 is 0 Å². The number of para-hydroxylation sites is 2. The summed E-state index contributed by atoms with van der Waals surface area (Å²) in [6, 6.07) is 16.5. The highest BCUT2D eigenvalue weighted by Gasteiger charge is 2.27. The van der Waals surface area contributed by atoms with E-state index >= 15 is 0 Å². The molecule has 1 saturated heterocycles. The maximum atomic E-state index is 13.1. The van der Waals surface area contributed by atoms with Crippen LogP contribution in [0.3, 0.4) is 0 Å². The van der Waals surface area contributed by atoms with Crippen LogP contribution in [0.5, 0.6) is 0 Å². The molecule has 34 heavy (non-hydrogen) atoms. The van der Waals surface area contributed by atoms with Crippen molar-refractivity contribution in [3.63, 3.8) is 0 Å². The molecule has 3 aromatic rings. The number of fused-ring (bicyclic) bond motifs is 1. The number of aliphatic hydroxyl groups is 1. The summed E-state index contributed by atoms with van der Waals surface area (Å²) < 4.78 is 18.5. The molecule has 182 valence electrons. The summed E-state index contributed by atoms with van der Waals surface area (Å²) >= 11 is 0. The third-order valence-corrected chi connectivity index (χ3v) is 7.42. The van der Waals surface area contributed by atoms with Gasteiger partial charge in [-0.2, -0.15) is 0 Å². The first-order valence-corrected chi connectivity index (χ1v) is 13.1. The average Bonchev–Trinajstić information content (AvgIpc) is 3.28. The molecule has 8 nitrogen and oxygen atoms in total. The Labute approximate surface area is 202 Å². The first-order valence-electron chi connectivity index (χ1n) is 11.6. The summed E-state index contributed by atoms with van der Waals surface area (Å²) in [5.74, 6) is 0.474. The minimum atomic E-state index is -1.22. The van der Waals surface area contributed by atoms with E-state index < -0.39 is 22.9 Å². The molecule has 3 unspecified atom stereocenters. The molecule has 2 heterocycles. The average molecular weight is 485 g/mol. The lowest BCUT2D eigenvalue weighted by Gasteiger charge is -2.32. The van der Waals surface area contributed by atoms with E-state index in [1.54, 1.807) is 12.1 Å². The quantitative estimate of drug-likeness (QED) is 0.404. The van der Waals surface area contributed by atoms with Crippen molar-refractivity contribution in [3.8, 4) is 0 Å². The molecule has 1 fully saturated rings. The van der Waals surface area contributed by atoms with Crippen molar-refractivity contribution in [1.29, 1.82) is 0 Å². The second-order valence-electron chi connectivity index (χ2n) is 8.81. The summed E-state index contributed by atoms with van der Waals surface area (Å²) in [4.78, 5) is 19.7. The maximum absolute atomic E-state index is 13.1. The zero-order valence-electron chi connectivity index (χ0n) is 19.4. The number of piperidine rings is 1. The zero-order chi connectivity index (χ0) is 23.9. The molecule has 1 amide bonds. The number of aromatic nitrogens is 1. The SMILES string of the molecule is CN1CCC(NC(CS(=O)Cc2ccccc2)C(=O)NCC(O)c2nc3ccccc3o2)CC1. The Hall–Kier alpha value is -2.59. The molecule has 1 aliphatic rings. The van der Waals surface area contributed by atoms with Gasteiger partial charge in [-0.3, -0.25) is 9.00 Å². The number of amides is 1. The topological polar surface area (TPSA) is 108 Å². The normalized spacial score (nSPS) is 17.9. The van der Waals surface area contributed by atoms with Gasteiger partial charge < -0.3 is 25.1 Å². The number of nitrogens with zero attached hydrogens (tertiary/aromatic N) is 2. The Balaban J connectivity index is 1.37. The molecule has 4 rings (SSSR count). The molecular formula is C25H32N4O4S. The standard InChI is InChI=1S/C25H32N4O4S/c1-29-13-11-19(12-14-29)27-21(17-34(32)16-18-7-3-2-4-8-18)24(31)26-15-22(30)25-28-20-9-5-6-10-23(20)33-25/h2-10,19,21-22,27,30H,11-17H2,1H3,(H,26,31). The number of carbonyl (C=O) groups is 1. The van der Waals surface area contributed by atoms with E-state index in [1.807, 2.05) is 42.5 Å². The lowest BCUT2D eigenvalue weighted by atomic mass is 10.0. The molecule has 0 aliphatic carbocycles. The summed E-state index contributed by atoms with van der Waals surface area (Å²) in [5, 5.41) is 16.7. The van der Waals surface area contributed by atoms with Crippen molar-refractivity contribution in [2.45, 2.75) is 36.8 Å². The first-order chi connectivity index (χ1) is 16.5. The number of hydrogen-bond acceptors (Lipinski definition) is 7. The zero-order valence-corrected chi connectivity index (χ0v) is 20.2. The molecule has 3 N–H and O–H groups in total. The van der Waals surface area contributed by atoms with Crippen LogP contribution in [-0.2, 0) is 21.3 Å². The largest absolute Gasteiger partial charge is 0.438 e. The van der Waals surface area contributed by atoms with Crippen molar-refractivity contribution in [3.05, 3.63) is 66.1 Å². The summed E-state index contributed by atoms with van der Waals surface area (Å²) in [5.41, 5.74) is 2.22. The Morgan fingerprint density at radius 3 is 2.62 bits per heavy atom. The smallest absolute Gasteiger partial charge is 0.238 e. The van der Waals surface area contributed by atoms with Gasteiger partial charge in [-0.15, -0.1) is 0 Å². The van der Waals surface area contributed by atoms with Crippen LogP contribution in [0.1, 0.15) is 30.4 Å². The fourth-order valence-corrected chi connectivity index (χ4v) is 5.41. The van der Waals surface area contributed by atoms with Gasteiger partial charge in [-0.05, 0) is 50.7 Å². The Kier molecular flexibility index (Phi) is 8.44. The van der Waals surface area contributed by atoms with Crippen molar-refractivity contribution in [2.24, 2.45) is 0 Å². The second-order valence-corrected chi connectivity index (χ2v) is 10.3. The summed E-state index contributed by atoms with van der Waals surface area (Å²) in [6.45, 7) is 1.87. The first kappa shape index (κ1) is 24.5. The number of oxazole rings is 1. The maximum Gasteiger partial charge on any atom is 0.238 e. The molecule has 3 atom stereocenters. The molecule has 0 radical (unpaired) electrons. The van der Waals surface area contributed by atoms with E-state index in [0.29, 0.717) is 16.9 Å². The monoisotopic (exact) mass is 484 g/mol. The van der Waals surface area contributed by atoms with E-state index in [2.05, 4.69) is 27.6 Å². The van der Waals surface area contributed by atoms with Crippen LogP contribution in [0.4, 0.5) is 0 Å². The van der Waals surface area contributed by atoms with Gasteiger partial charge in [-0.25, -0.2) is 4.98 Å². The highest BCUT2D eigenvalue weighted by atomic mass is 32.2. The van der Waals surface area contributed by atoms with Gasteiger partial charge >= 0.3 is 0 Å². The number of rotatable bonds is 10. The van der Waals surface area contributed by atoms with Gasteiger partial charge in [0.25, 0.3) is 0 Å². The number of hydrogen-bond donors (Lipinski definition) is 3. The minimum absolute atomic E-state index is 0.0391. The van der Waals surface area contributed by atoms with Gasteiger partial charge in [0.2, 0.25) is 11.8 Å². The van der Waals surface area contributed by atoms with Crippen molar-refractivity contribution < 1.29 is 18.5 Å². The van der Waals surface area contributed by atoms with Crippen LogP contribution < -0.4 is 10.6 Å². The van der Waals surface area contributed by atoms with Gasteiger partial charge in [0.1, 0.15) is 11.6 Å². The van der Waals surface area contributed by atoms with E-state index in [4.69, 9.17) is 4.42 Å². The lowest BCUT2D eigenvalue weighted by molar-refractivity contribution is -0.123. The van der Waals surface area contributed by atoms with Gasteiger partial charge in [-0.1, -0.05) is 42.5 Å². The highest BCUT2D eigenvalue weighted by molar-refractivity contribution is 7.84. The van der Waals surface area contributed by atoms with Crippen molar-refractivity contribution in [1.82, 2.24) is 20.5 Å². The fraction of sp³-hybridized carbons (Fsp3) is 0.440. The summed E-state index contributed by atoms with van der Waals surface area (Å²) in [7, 11) is 0.865. The predicted octanol–water partition coefficient (Wildman–Crippen LogP) is 1.98. The van der Waals surface area contributed by atoms with Crippen LogP contribution in [0, 0.1) is 0 Å². The molecule has 0 saturated carbocycles. The van der Waals surface area contributed by atoms with Crippen molar-refractivity contribution in [2.75, 3.05) is 32.4 Å². The van der Waals surface area contributed by atoms with Crippen molar-refractivity contribution >= 4 is 27.8 Å². The fourth-order valence-electron chi connectivity index (χ4n) is 4.10. The molecule has 0 spiro atoms. The van der Waals surface area contributed by atoms with Crippen LogP contribution in [-0.4, -0.2) is 69.6 Å². The van der Waals surface area contributed by atoms with E-state index in [9.17, 15) is 14.1 Å². The molecule has 1 aliphatic heterocycles. The molecule has 1 aromatic heterocycles. The third-order valence-electron chi connectivity index (χ3n) is 6.06. The Bertz CT molecular complexity index is 1070. The van der Waals surface area contributed by atoms with Crippen LogP contribution in [0.25, 0.3) is 11.1 Å². The Morgan fingerprint density at radius 1 is 1.18 bits per heavy atom.